The van der Waals surface area contributed by atoms with E-state index in [4.69, 9.17) is 5.73 Å². The summed E-state index contributed by atoms with van der Waals surface area (Å²) >= 11 is 0. The van der Waals surface area contributed by atoms with E-state index in [-0.39, 0.29) is 30.7 Å². The van der Waals surface area contributed by atoms with Gasteiger partial charge < -0.3 is 16.0 Å². The Bertz CT molecular complexity index is 307. The highest BCUT2D eigenvalue weighted by Gasteiger charge is 2.29. The molecule has 1 amide bonds. The zero-order valence-corrected chi connectivity index (χ0v) is 14.9. The van der Waals surface area contributed by atoms with E-state index in [0.717, 1.165) is 32.0 Å². The summed E-state index contributed by atoms with van der Waals surface area (Å²) in [6.07, 6.45) is 9.07. The van der Waals surface area contributed by atoms with Crippen molar-refractivity contribution in [3.8, 4) is 0 Å². The predicted molar refractivity (Wildman–Crippen MR) is 92.4 cm³/mol. The average Bonchev–Trinajstić information content (AvgIpc) is 2.39. The predicted octanol–water partition coefficient (Wildman–Crippen LogP) is 2.48. The van der Waals surface area contributed by atoms with Crippen LogP contribution in [0, 0.1) is 0 Å². The number of rotatable bonds is 3. The van der Waals surface area contributed by atoms with E-state index < -0.39 is 5.54 Å². The second kappa shape index (κ2) is 9.19. The highest BCUT2D eigenvalue weighted by Crippen LogP contribution is 2.25. The van der Waals surface area contributed by atoms with Crippen LogP contribution in [0.15, 0.2) is 0 Å². The minimum atomic E-state index is -0.763. The normalized spacial score (nSPS) is 22.0. The molecule has 4 nitrogen and oxygen atoms in total. The molecule has 3 N–H and O–H groups in total. The van der Waals surface area contributed by atoms with Gasteiger partial charge in [-0.3, -0.25) is 4.79 Å². The number of nitrogens with two attached hydrogens (primary N) is 1. The summed E-state index contributed by atoms with van der Waals surface area (Å²) in [6.45, 7) is 5.78. The zero-order chi connectivity index (χ0) is 13.9. The molecule has 1 heterocycles. The van der Waals surface area contributed by atoms with Crippen molar-refractivity contribution in [2.24, 2.45) is 5.73 Å². The van der Waals surface area contributed by atoms with Gasteiger partial charge in [-0.25, -0.2) is 0 Å². The van der Waals surface area contributed by atoms with Gasteiger partial charge in [0.05, 0.1) is 5.54 Å². The Balaban J connectivity index is 0.00000200. The third-order valence-corrected chi connectivity index (χ3v) is 4.54. The maximum Gasteiger partial charge on any atom is 0.239 e. The number of halogens is 2. The summed E-state index contributed by atoms with van der Waals surface area (Å²) in [6, 6.07) is 1.12. The zero-order valence-electron chi connectivity index (χ0n) is 13.3. The quantitative estimate of drug-likeness (QED) is 0.830. The molecule has 21 heavy (non-hydrogen) atoms. The van der Waals surface area contributed by atoms with Crippen LogP contribution in [0.4, 0.5) is 0 Å². The first-order valence-corrected chi connectivity index (χ1v) is 7.81. The number of likely N-dealkylation sites (tertiary alicyclic amines) is 1. The Morgan fingerprint density at radius 1 is 1.05 bits per heavy atom. The third-order valence-electron chi connectivity index (χ3n) is 4.54. The van der Waals surface area contributed by atoms with Crippen molar-refractivity contribution in [1.29, 1.82) is 0 Å². The second-order valence-electron chi connectivity index (χ2n) is 6.80. The molecule has 0 aromatic rings. The molecule has 0 spiro atoms. The Morgan fingerprint density at radius 2 is 1.57 bits per heavy atom. The molecule has 126 valence electrons. The fourth-order valence-corrected chi connectivity index (χ4v) is 3.23. The van der Waals surface area contributed by atoms with Crippen LogP contribution < -0.4 is 11.1 Å². The number of hydrogen-bond acceptors (Lipinski definition) is 3. The number of hydrogen-bond donors (Lipinski definition) is 2. The van der Waals surface area contributed by atoms with E-state index >= 15 is 0 Å². The minimum Gasteiger partial charge on any atom is -0.352 e. The molecule has 1 aliphatic carbocycles. The first kappa shape index (κ1) is 21.0. The lowest BCUT2D eigenvalue weighted by Crippen LogP contribution is -2.55. The largest absolute Gasteiger partial charge is 0.352 e. The Morgan fingerprint density at radius 3 is 2.05 bits per heavy atom. The van der Waals surface area contributed by atoms with Gasteiger partial charge in [0.25, 0.3) is 0 Å². The number of nitrogens with one attached hydrogen (secondary N) is 1. The lowest BCUT2D eigenvalue weighted by molar-refractivity contribution is -0.126. The van der Waals surface area contributed by atoms with Crippen molar-refractivity contribution < 1.29 is 4.79 Å². The first-order valence-electron chi connectivity index (χ1n) is 7.81. The van der Waals surface area contributed by atoms with Gasteiger partial charge in [-0.2, -0.15) is 0 Å². The van der Waals surface area contributed by atoms with E-state index in [1.165, 1.54) is 32.1 Å². The molecule has 0 atom stereocenters. The van der Waals surface area contributed by atoms with E-state index in [1.807, 2.05) is 0 Å². The topological polar surface area (TPSA) is 58.4 Å². The van der Waals surface area contributed by atoms with Crippen molar-refractivity contribution in [2.75, 3.05) is 13.1 Å². The molecule has 0 aromatic carbocycles. The summed E-state index contributed by atoms with van der Waals surface area (Å²) in [4.78, 5) is 14.5. The molecular weight excluding hydrogens is 309 g/mol. The van der Waals surface area contributed by atoms with E-state index in [2.05, 4.69) is 10.2 Å². The van der Waals surface area contributed by atoms with Gasteiger partial charge in [-0.15, -0.1) is 24.8 Å². The SMILES string of the molecule is CC(C)(N)C(=O)NC1CCN(C2CCCCC2)CC1.Cl.Cl. The van der Waals surface area contributed by atoms with Crippen LogP contribution in [-0.4, -0.2) is 41.5 Å². The summed E-state index contributed by atoms with van der Waals surface area (Å²) in [5.74, 6) is -0.0244. The van der Waals surface area contributed by atoms with Crippen LogP contribution in [0.2, 0.25) is 0 Å². The second-order valence-corrected chi connectivity index (χ2v) is 6.80. The van der Waals surface area contributed by atoms with Gasteiger partial charge >= 0.3 is 0 Å². The Kier molecular flexibility index (Phi) is 9.17. The van der Waals surface area contributed by atoms with Crippen LogP contribution in [-0.2, 0) is 4.79 Å². The molecule has 1 saturated heterocycles. The average molecular weight is 340 g/mol. The Labute approximate surface area is 141 Å². The first-order chi connectivity index (χ1) is 8.97. The number of amides is 1. The summed E-state index contributed by atoms with van der Waals surface area (Å²) in [7, 11) is 0. The van der Waals surface area contributed by atoms with Crippen molar-refractivity contribution in [3.63, 3.8) is 0 Å². The van der Waals surface area contributed by atoms with Gasteiger partial charge in [0.1, 0.15) is 0 Å². The fraction of sp³-hybridized carbons (Fsp3) is 0.933. The van der Waals surface area contributed by atoms with Gasteiger partial charge in [0.15, 0.2) is 0 Å². The van der Waals surface area contributed by atoms with E-state index in [9.17, 15) is 4.79 Å². The van der Waals surface area contributed by atoms with Crippen molar-refractivity contribution in [1.82, 2.24) is 10.2 Å². The van der Waals surface area contributed by atoms with Crippen molar-refractivity contribution in [3.05, 3.63) is 0 Å². The smallest absolute Gasteiger partial charge is 0.239 e. The molecule has 0 bridgehead atoms. The molecule has 0 unspecified atom stereocenters. The van der Waals surface area contributed by atoms with Crippen molar-refractivity contribution >= 4 is 30.7 Å². The van der Waals surface area contributed by atoms with Gasteiger partial charge in [-0.05, 0) is 39.5 Å². The number of carbonyl (C=O) groups excluding carboxylic acids is 1. The molecule has 0 radical (unpaired) electrons. The van der Waals surface area contributed by atoms with Gasteiger partial charge in [-0.1, -0.05) is 19.3 Å². The van der Waals surface area contributed by atoms with Gasteiger partial charge in [0.2, 0.25) is 5.91 Å². The number of nitrogens with zero attached hydrogens (tertiary/aromatic N) is 1. The standard InChI is InChI=1S/C15H29N3O.2ClH/c1-15(2,16)14(19)17-12-8-10-18(11-9-12)13-6-4-3-5-7-13;;/h12-13H,3-11,16H2,1-2H3,(H,17,19);2*1H. The molecular formula is C15H31Cl2N3O. The summed E-state index contributed by atoms with van der Waals surface area (Å²) in [5, 5.41) is 3.09. The maximum atomic E-state index is 11.9. The van der Waals surface area contributed by atoms with Crippen LogP contribution in [0.25, 0.3) is 0 Å². The fourth-order valence-electron chi connectivity index (χ4n) is 3.23. The lowest BCUT2D eigenvalue weighted by Gasteiger charge is -2.39. The molecule has 1 aliphatic heterocycles. The molecule has 0 aromatic heterocycles. The van der Waals surface area contributed by atoms with Crippen LogP contribution in [0.3, 0.4) is 0 Å². The van der Waals surface area contributed by atoms with Crippen LogP contribution >= 0.6 is 24.8 Å². The van der Waals surface area contributed by atoms with Gasteiger partial charge in [0, 0.05) is 25.2 Å². The number of carbonyl (C=O) groups is 1. The maximum absolute atomic E-state index is 11.9. The minimum absolute atomic E-state index is 0. The molecule has 2 fully saturated rings. The monoisotopic (exact) mass is 339 g/mol. The highest BCUT2D eigenvalue weighted by atomic mass is 35.5. The molecule has 1 saturated carbocycles. The molecule has 6 heteroatoms. The summed E-state index contributed by atoms with van der Waals surface area (Å²) in [5.41, 5.74) is 5.05. The van der Waals surface area contributed by atoms with Crippen LogP contribution in [0.1, 0.15) is 58.8 Å². The molecule has 2 rings (SSSR count). The van der Waals surface area contributed by atoms with E-state index in [0.29, 0.717) is 6.04 Å². The van der Waals surface area contributed by atoms with E-state index in [1.54, 1.807) is 13.8 Å². The third kappa shape index (κ3) is 6.31. The molecule has 2 aliphatic rings. The van der Waals surface area contributed by atoms with Crippen molar-refractivity contribution in [2.45, 2.75) is 76.4 Å². The lowest BCUT2D eigenvalue weighted by atomic mass is 9.92. The highest BCUT2D eigenvalue weighted by molar-refractivity contribution is 5.86. The summed E-state index contributed by atoms with van der Waals surface area (Å²) < 4.78 is 0. The van der Waals surface area contributed by atoms with Crippen LogP contribution in [0.5, 0.6) is 0 Å². The Hall–Kier alpha value is -0.0300. The number of piperidine rings is 1.